The van der Waals surface area contributed by atoms with Gasteiger partial charge in [0.1, 0.15) is 18.2 Å². The van der Waals surface area contributed by atoms with Crippen molar-refractivity contribution < 1.29 is 28.5 Å². The first kappa shape index (κ1) is 35.0. The average molecular weight is 667 g/mol. The summed E-state index contributed by atoms with van der Waals surface area (Å²) in [6.45, 7) is 6.37. The number of rotatable bonds is 24. The summed E-state index contributed by atoms with van der Waals surface area (Å²) in [6, 6.07) is 7.61. The quantitative estimate of drug-likeness (QED) is 0.143. The van der Waals surface area contributed by atoms with Crippen molar-refractivity contribution in [1.82, 2.24) is 14.9 Å². The Hall–Kier alpha value is -2.51. The molecule has 2 aromatic rings. The molecule has 0 atom stereocenters. The van der Waals surface area contributed by atoms with E-state index in [4.69, 9.17) is 23.7 Å². The highest BCUT2D eigenvalue weighted by molar-refractivity contribution is 9.10. The van der Waals surface area contributed by atoms with E-state index in [1.807, 2.05) is 31.3 Å². The van der Waals surface area contributed by atoms with Gasteiger partial charge in [0.25, 0.3) is 0 Å². The number of amides is 1. The second kappa shape index (κ2) is 21.2. The van der Waals surface area contributed by atoms with Crippen LogP contribution in [0.15, 0.2) is 34.9 Å². The Morgan fingerprint density at radius 1 is 0.930 bits per heavy atom. The van der Waals surface area contributed by atoms with Crippen LogP contribution in [0.4, 0.5) is 17.5 Å². The largest absolute Gasteiger partial charge is 0.491 e. The number of anilines is 3. The van der Waals surface area contributed by atoms with Gasteiger partial charge < -0.3 is 39.2 Å². The lowest BCUT2D eigenvalue weighted by molar-refractivity contribution is -0.136. The molecule has 0 saturated heterocycles. The maximum absolute atomic E-state index is 12.3. The summed E-state index contributed by atoms with van der Waals surface area (Å²) in [5.74, 6) is 2.33. The van der Waals surface area contributed by atoms with E-state index in [-0.39, 0.29) is 11.8 Å². The van der Waals surface area contributed by atoms with E-state index in [0.29, 0.717) is 51.3 Å². The van der Waals surface area contributed by atoms with Crippen LogP contribution in [0.3, 0.4) is 0 Å². The molecule has 12 heteroatoms. The normalized spacial score (nSPS) is 13.0. The summed E-state index contributed by atoms with van der Waals surface area (Å²) in [5.41, 5.74) is 0.841. The Labute approximate surface area is 264 Å². The molecule has 0 spiro atoms. The monoisotopic (exact) mass is 665 g/mol. The predicted octanol–water partition coefficient (Wildman–Crippen LogP) is 5.29. The van der Waals surface area contributed by atoms with Gasteiger partial charge in [0, 0.05) is 71.5 Å². The van der Waals surface area contributed by atoms with Crippen LogP contribution < -0.4 is 15.4 Å². The van der Waals surface area contributed by atoms with Gasteiger partial charge in [0.15, 0.2) is 0 Å². The molecule has 1 aliphatic carbocycles. The minimum Gasteiger partial charge on any atom is -0.491 e. The maximum Gasteiger partial charge on any atom is 0.229 e. The number of hydrogen-bond donors (Lipinski definition) is 2. The highest BCUT2D eigenvalue weighted by atomic mass is 79.9. The van der Waals surface area contributed by atoms with Crippen LogP contribution in [0.2, 0.25) is 0 Å². The molecule has 240 valence electrons. The number of ether oxygens (including phenoxy) is 5. The highest BCUT2D eigenvalue weighted by Gasteiger charge is 2.27. The number of benzene rings is 1. The molecule has 0 bridgehead atoms. The number of hydrogen-bond acceptors (Lipinski definition) is 10. The van der Waals surface area contributed by atoms with E-state index in [1.54, 1.807) is 18.2 Å². The number of halogens is 1. The van der Waals surface area contributed by atoms with Gasteiger partial charge in [-0.2, -0.15) is 4.98 Å². The molecule has 2 N–H and O–H groups in total. The third kappa shape index (κ3) is 14.2. The number of aromatic nitrogens is 2. The van der Waals surface area contributed by atoms with E-state index in [1.165, 1.54) is 0 Å². The average Bonchev–Trinajstić information content (AvgIpc) is 2.98. The minimum atomic E-state index is 0.204. The maximum atomic E-state index is 12.3. The first-order chi connectivity index (χ1) is 21.1. The molecule has 1 heterocycles. The van der Waals surface area contributed by atoms with Gasteiger partial charge in [-0.25, -0.2) is 4.98 Å². The first-order valence-electron chi connectivity index (χ1n) is 15.3. The number of carbonyl (C=O) groups is 1. The SMILES string of the molecule is COCCCCOCCCCOCCOCCOc1ccc(Nc2ncc(Br)c(NCCN(C)C(=O)C3CCC3)n2)cc1. The number of unbranched alkanes of at least 4 members (excludes halogenated alkanes) is 2. The van der Waals surface area contributed by atoms with Crippen molar-refractivity contribution >= 4 is 39.3 Å². The van der Waals surface area contributed by atoms with Crippen molar-refractivity contribution in [2.45, 2.75) is 44.9 Å². The lowest BCUT2D eigenvalue weighted by Crippen LogP contribution is -2.38. The van der Waals surface area contributed by atoms with Gasteiger partial charge >= 0.3 is 0 Å². The van der Waals surface area contributed by atoms with Crippen molar-refractivity contribution in [2.24, 2.45) is 5.92 Å². The zero-order valence-electron chi connectivity index (χ0n) is 25.7. The minimum absolute atomic E-state index is 0.204. The molecule has 0 aliphatic heterocycles. The predicted molar refractivity (Wildman–Crippen MR) is 171 cm³/mol. The summed E-state index contributed by atoms with van der Waals surface area (Å²) in [4.78, 5) is 23.0. The van der Waals surface area contributed by atoms with Crippen LogP contribution >= 0.6 is 15.9 Å². The van der Waals surface area contributed by atoms with Crippen LogP contribution in [-0.4, -0.2) is 101 Å². The highest BCUT2D eigenvalue weighted by Crippen LogP contribution is 2.28. The first-order valence-corrected chi connectivity index (χ1v) is 16.1. The Morgan fingerprint density at radius 3 is 2.21 bits per heavy atom. The third-order valence-corrected chi connectivity index (χ3v) is 7.59. The summed E-state index contributed by atoms with van der Waals surface area (Å²) >= 11 is 3.50. The fourth-order valence-corrected chi connectivity index (χ4v) is 4.57. The van der Waals surface area contributed by atoms with Gasteiger partial charge in [-0.05, 0) is 78.7 Å². The lowest BCUT2D eigenvalue weighted by atomic mass is 9.84. The second-order valence-corrected chi connectivity index (χ2v) is 11.3. The van der Waals surface area contributed by atoms with Crippen molar-refractivity contribution in [2.75, 3.05) is 90.7 Å². The summed E-state index contributed by atoms with van der Waals surface area (Å²) < 4.78 is 28.4. The van der Waals surface area contributed by atoms with Crippen molar-refractivity contribution in [1.29, 1.82) is 0 Å². The molecular formula is C31H48BrN5O6. The van der Waals surface area contributed by atoms with Crippen LogP contribution in [0.1, 0.15) is 44.9 Å². The Kier molecular flexibility index (Phi) is 17.3. The third-order valence-electron chi connectivity index (χ3n) is 7.01. The fourth-order valence-electron chi connectivity index (χ4n) is 4.24. The van der Waals surface area contributed by atoms with Crippen LogP contribution in [0.25, 0.3) is 0 Å². The van der Waals surface area contributed by atoms with Crippen LogP contribution in [0.5, 0.6) is 5.75 Å². The molecule has 0 unspecified atom stereocenters. The lowest BCUT2D eigenvalue weighted by Gasteiger charge is -2.29. The van der Waals surface area contributed by atoms with Crippen LogP contribution in [0, 0.1) is 5.92 Å². The molecule has 3 rings (SSSR count). The van der Waals surface area contributed by atoms with Crippen molar-refractivity contribution in [3.63, 3.8) is 0 Å². The number of likely N-dealkylation sites (N-methyl/N-ethyl adjacent to an activating group) is 1. The number of methoxy groups -OCH3 is 1. The van der Waals surface area contributed by atoms with Crippen molar-refractivity contribution in [3.05, 3.63) is 34.9 Å². The molecule has 11 nitrogen and oxygen atoms in total. The number of nitrogens with one attached hydrogen (secondary N) is 2. The van der Waals surface area contributed by atoms with Gasteiger partial charge in [-0.1, -0.05) is 6.42 Å². The summed E-state index contributed by atoms with van der Waals surface area (Å²) in [7, 11) is 3.58. The molecular weight excluding hydrogens is 618 g/mol. The Morgan fingerprint density at radius 2 is 1.56 bits per heavy atom. The molecule has 1 amide bonds. The van der Waals surface area contributed by atoms with Crippen molar-refractivity contribution in [3.8, 4) is 5.75 Å². The molecule has 0 radical (unpaired) electrons. The number of nitrogens with zero attached hydrogens (tertiary/aromatic N) is 3. The van der Waals surface area contributed by atoms with Gasteiger partial charge in [-0.3, -0.25) is 4.79 Å². The van der Waals surface area contributed by atoms with E-state index in [2.05, 4.69) is 36.5 Å². The zero-order chi connectivity index (χ0) is 30.5. The fraction of sp³-hybridized carbons (Fsp3) is 0.645. The molecule has 43 heavy (non-hydrogen) atoms. The van der Waals surface area contributed by atoms with Crippen LogP contribution in [-0.2, 0) is 23.7 Å². The zero-order valence-corrected chi connectivity index (χ0v) is 27.2. The Balaban J connectivity index is 1.22. The summed E-state index contributed by atoms with van der Waals surface area (Å²) in [6.07, 6.45) is 8.95. The van der Waals surface area contributed by atoms with Gasteiger partial charge in [-0.15, -0.1) is 0 Å². The van der Waals surface area contributed by atoms with Gasteiger partial charge in [0.05, 0.1) is 24.3 Å². The molecule has 1 aliphatic rings. The summed E-state index contributed by atoms with van der Waals surface area (Å²) in [5, 5.41) is 6.51. The van der Waals surface area contributed by atoms with Gasteiger partial charge in [0.2, 0.25) is 11.9 Å². The standard InChI is InChI=1S/C31H48BrN5O6/c1-37(30(38)25-8-7-9-25)15-14-33-29-28(32)24-34-31(36-29)35-26-10-12-27(13-11-26)43-23-22-42-21-20-41-19-6-5-18-40-17-4-3-16-39-2/h10-13,24-25H,3-9,14-23H2,1-2H3,(H2,33,34,35,36). The van der Waals surface area contributed by atoms with E-state index >= 15 is 0 Å². The smallest absolute Gasteiger partial charge is 0.229 e. The molecule has 1 aromatic carbocycles. The molecule has 1 saturated carbocycles. The number of carbonyl (C=O) groups excluding carboxylic acids is 1. The van der Waals surface area contributed by atoms with E-state index in [9.17, 15) is 4.79 Å². The Bertz CT molecular complexity index is 1040. The topological polar surface area (TPSA) is 116 Å². The molecule has 1 aromatic heterocycles. The van der Waals surface area contributed by atoms with E-state index in [0.717, 1.165) is 87.3 Å². The van der Waals surface area contributed by atoms with E-state index < -0.39 is 0 Å². The molecule has 1 fully saturated rings. The second-order valence-electron chi connectivity index (χ2n) is 10.4.